The van der Waals surface area contributed by atoms with Crippen LogP contribution >= 0.6 is 11.6 Å². The minimum atomic E-state index is -0.272. The highest BCUT2D eigenvalue weighted by Gasteiger charge is 2.10. The van der Waals surface area contributed by atoms with Crippen molar-refractivity contribution in [3.05, 3.63) is 34.9 Å². The first-order chi connectivity index (χ1) is 6.11. The number of aliphatic hydroxyl groups is 1. The summed E-state index contributed by atoms with van der Waals surface area (Å²) in [6, 6.07) is 7.78. The molecule has 0 radical (unpaired) electrons. The second kappa shape index (κ2) is 4.64. The normalized spacial score (nSPS) is 15.4. The van der Waals surface area contributed by atoms with E-state index in [9.17, 15) is 5.11 Å². The van der Waals surface area contributed by atoms with Crippen molar-refractivity contribution in [1.82, 2.24) is 0 Å². The van der Waals surface area contributed by atoms with Crippen LogP contribution in [0.15, 0.2) is 24.3 Å². The zero-order chi connectivity index (χ0) is 9.84. The molecule has 1 aromatic rings. The predicted octanol–water partition coefficient (Wildman–Crippen LogP) is 3.21. The van der Waals surface area contributed by atoms with E-state index >= 15 is 0 Å². The second-order valence-electron chi connectivity index (χ2n) is 3.51. The van der Waals surface area contributed by atoms with Crippen LogP contribution in [-0.2, 0) is 0 Å². The zero-order valence-electron chi connectivity index (χ0n) is 8.00. The van der Waals surface area contributed by atoms with Gasteiger partial charge in [0.2, 0.25) is 0 Å². The molecule has 0 saturated heterocycles. The Kier molecular flexibility index (Phi) is 3.76. The summed E-state index contributed by atoms with van der Waals surface area (Å²) in [5.74, 6) is 0.314. The van der Waals surface area contributed by atoms with Crippen molar-refractivity contribution in [2.24, 2.45) is 0 Å². The number of benzene rings is 1. The molecule has 72 valence electrons. The van der Waals surface area contributed by atoms with Gasteiger partial charge in [-0.05, 0) is 30.9 Å². The third kappa shape index (κ3) is 3.02. The van der Waals surface area contributed by atoms with Gasteiger partial charge in [0, 0.05) is 5.02 Å². The highest BCUT2D eigenvalue weighted by molar-refractivity contribution is 6.31. The Bertz CT molecular complexity index is 271. The summed E-state index contributed by atoms with van der Waals surface area (Å²) in [6.07, 6.45) is 0.482. The third-order valence-corrected chi connectivity index (χ3v) is 2.48. The molecule has 2 heteroatoms. The molecule has 0 aliphatic carbocycles. The number of hydrogen-bond acceptors (Lipinski definition) is 1. The molecular formula is C11H15ClO. The first-order valence-corrected chi connectivity index (χ1v) is 4.91. The molecule has 2 atom stereocenters. The molecule has 1 N–H and O–H groups in total. The van der Waals surface area contributed by atoms with E-state index in [1.54, 1.807) is 6.92 Å². The molecule has 0 heterocycles. The highest BCUT2D eigenvalue weighted by atomic mass is 35.5. The second-order valence-corrected chi connectivity index (χ2v) is 3.91. The van der Waals surface area contributed by atoms with Crippen LogP contribution in [0.25, 0.3) is 0 Å². The minimum absolute atomic E-state index is 0.272. The topological polar surface area (TPSA) is 20.2 Å². The standard InChI is InChI=1S/C11H15ClO/c1-8(7-9(2)13)10-5-3-4-6-11(10)12/h3-6,8-9,13H,7H2,1-2H3. The average Bonchev–Trinajstić information content (AvgIpc) is 2.03. The zero-order valence-corrected chi connectivity index (χ0v) is 8.75. The van der Waals surface area contributed by atoms with Crippen LogP contribution in [0.4, 0.5) is 0 Å². The molecule has 0 bridgehead atoms. The molecule has 0 fully saturated rings. The summed E-state index contributed by atoms with van der Waals surface area (Å²) in [5.41, 5.74) is 1.12. The van der Waals surface area contributed by atoms with Crippen LogP contribution in [0, 0.1) is 0 Å². The van der Waals surface area contributed by atoms with E-state index < -0.39 is 0 Å². The largest absolute Gasteiger partial charge is 0.393 e. The lowest BCUT2D eigenvalue weighted by molar-refractivity contribution is 0.176. The Hall–Kier alpha value is -0.530. The Balaban J connectivity index is 2.76. The maximum Gasteiger partial charge on any atom is 0.0517 e. The lowest BCUT2D eigenvalue weighted by Crippen LogP contribution is -2.06. The highest BCUT2D eigenvalue weighted by Crippen LogP contribution is 2.27. The van der Waals surface area contributed by atoms with Gasteiger partial charge in [-0.3, -0.25) is 0 Å². The Morgan fingerprint density at radius 3 is 2.46 bits per heavy atom. The summed E-state index contributed by atoms with van der Waals surface area (Å²) in [5, 5.41) is 10.0. The van der Waals surface area contributed by atoms with E-state index in [2.05, 4.69) is 6.92 Å². The SMILES string of the molecule is CC(O)CC(C)c1ccccc1Cl. The number of aliphatic hydroxyl groups excluding tert-OH is 1. The molecule has 0 saturated carbocycles. The van der Waals surface area contributed by atoms with Crippen molar-refractivity contribution >= 4 is 11.6 Å². The summed E-state index contributed by atoms with van der Waals surface area (Å²) in [4.78, 5) is 0. The van der Waals surface area contributed by atoms with Crippen LogP contribution < -0.4 is 0 Å². The molecule has 1 nitrogen and oxygen atoms in total. The van der Waals surface area contributed by atoms with Crippen LogP contribution in [0.1, 0.15) is 31.7 Å². The predicted molar refractivity (Wildman–Crippen MR) is 56.2 cm³/mol. The van der Waals surface area contributed by atoms with E-state index in [-0.39, 0.29) is 6.10 Å². The fourth-order valence-corrected chi connectivity index (χ4v) is 1.84. The minimum Gasteiger partial charge on any atom is -0.393 e. The van der Waals surface area contributed by atoms with Crippen molar-refractivity contribution in [3.8, 4) is 0 Å². The van der Waals surface area contributed by atoms with Crippen molar-refractivity contribution < 1.29 is 5.11 Å². The number of hydrogen-bond donors (Lipinski definition) is 1. The number of halogens is 1. The van der Waals surface area contributed by atoms with E-state index in [0.29, 0.717) is 5.92 Å². The lowest BCUT2D eigenvalue weighted by atomic mass is 9.95. The Labute approximate surface area is 84.4 Å². The van der Waals surface area contributed by atoms with E-state index in [1.165, 1.54) is 0 Å². The molecule has 2 unspecified atom stereocenters. The summed E-state index contributed by atoms with van der Waals surface area (Å²) < 4.78 is 0. The summed E-state index contributed by atoms with van der Waals surface area (Å²) in [7, 11) is 0. The van der Waals surface area contributed by atoms with Crippen molar-refractivity contribution in [2.75, 3.05) is 0 Å². The maximum atomic E-state index is 9.23. The van der Waals surface area contributed by atoms with Gasteiger partial charge in [-0.15, -0.1) is 0 Å². The molecule has 1 rings (SSSR count). The number of rotatable bonds is 3. The van der Waals surface area contributed by atoms with Gasteiger partial charge in [-0.2, -0.15) is 0 Å². The van der Waals surface area contributed by atoms with E-state index in [4.69, 9.17) is 11.6 Å². The summed E-state index contributed by atoms with van der Waals surface area (Å²) in [6.45, 7) is 3.88. The molecule has 0 aromatic heterocycles. The van der Waals surface area contributed by atoms with Crippen LogP contribution in [-0.4, -0.2) is 11.2 Å². The van der Waals surface area contributed by atoms with Gasteiger partial charge >= 0.3 is 0 Å². The first kappa shape index (κ1) is 10.6. The first-order valence-electron chi connectivity index (χ1n) is 4.53. The van der Waals surface area contributed by atoms with Gasteiger partial charge in [-0.1, -0.05) is 36.7 Å². The van der Waals surface area contributed by atoms with E-state index in [0.717, 1.165) is 17.0 Å². The van der Waals surface area contributed by atoms with Crippen LogP contribution in [0.2, 0.25) is 5.02 Å². The van der Waals surface area contributed by atoms with Gasteiger partial charge in [0.25, 0.3) is 0 Å². The quantitative estimate of drug-likeness (QED) is 0.791. The molecule has 0 spiro atoms. The van der Waals surface area contributed by atoms with Gasteiger partial charge in [-0.25, -0.2) is 0 Å². The van der Waals surface area contributed by atoms with Gasteiger partial charge in [0.15, 0.2) is 0 Å². The van der Waals surface area contributed by atoms with Crippen molar-refractivity contribution in [1.29, 1.82) is 0 Å². The monoisotopic (exact) mass is 198 g/mol. The van der Waals surface area contributed by atoms with Crippen molar-refractivity contribution in [3.63, 3.8) is 0 Å². The lowest BCUT2D eigenvalue weighted by Gasteiger charge is -2.14. The van der Waals surface area contributed by atoms with Gasteiger partial charge < -0.3 is 5.11 Å². The Morgan fingerprint density at radius 1 is 1.31 bits per heavy atom. The van der Waals surface area contributed by atoms with Crippen molar-refractivity contribution in [2.45, 2.75) is 32.3 Å². The van der Waals surface area contributed by atoms with Gasteiger partial charge in [0.05, 0.1) is 6.10 Å². The molecule has 13 heavy (non-hydrogen) atoms. The molecule has 0 amide bonds. The maximum absolute atomic E-state index is 9.23. The molecule has 1 aromatic carbocycles. The van der Waals surface area contributed by atoms with Crippen LogP contribution in [0.5, 0.6) is 0 Å². The molecule has 0 aliphatic heterocycles. The fraction of sp³-hybridized carbons (Fsp3) is 0.455. The fourth-order valence-electron chi connectivity index (χ4n) is 1.51. The third-order valence-electron chi connectivity index (χ3n) is 2.13. The molecule has 0 aliphatic rings. The van der Waals surface area contributed by atoms with Gasteiger partial charge in [0.1, 0.15) is 0 Å². The average molecular weight is 199 g/mol. The smallest absolute Gasteiger partial charge is 0.0517 e. The Morgan fingerprint density at radius 2 is 1.92 bits per heavy atom. The summed E-state index contributed by atoms with van der Waals surface area (Å²) >= 11 is 6.02. The van der Waals surface area contributed by atoms with E-state index in [1.807, 2.05) is 24.3 Å². The molecular weight excluding hydrogens is 184 g/mol. The van der Waals surface area contributed by atoms with Crippen LogP contribution in [0.3, 0.4) is 0 Å².